The summed E-state index contributed by atoms with van der Waals surface area (Å²) in [6.07, 6.45) is 5.53. The normalized spacial score (nSPS) is 16.8. The number of hydrogen-bond acceptors (Lipinski definition) is 7. The number of allylic oxidation sites excluding steroid dienone is 2. The van der Waals surface area contributed by atoms with Gasteiger partial charge in [-0.3, -0.25) is 9.59 Å². The molecule has 1 aromatic rings. The van der Waals surface area contributed by atoms with Crippen LogP contribution in [0.15, 0.2) is 66.4 Å². The highest BCUT2D eigenvalue weighted by molar-refractivity contribution is 7.75. The fourth-order valence-electron chi connectivity index (χ4n) is 3.14. The highest BCUT2D eigenvalue weighted by Gasteiger charge is 2.32. The summed E-state index contributed by atoms with van der Waals surface area (Å²) in [6, 6.07) is 7.22. The largest absolute Gasteiger partial charge is 0.497 e. The second-order valence-electron chi connectivity index (χ2n) is 6.41. The maximum Gasteiger partial charge on any atom is 0.274 e. The first kappa shape index (κ1) is 24.1. The highest BCUT2D eigenvalue weighted by atomic mass is 32.1. The van der Waals surface area contributed by atoms with Gasteiger partial charge in [0.15, 0.2) is 11.5 Å². The Bertz CT molecular complexity index is 892. The van der Waals surface area contributed by atoms with E-state index in [1.165, 1.54) is 31.3 Å². The van der Waals surface area contributed by atoms with Gasteiger partial charge in [-0.05, 0) is 48.7 Å². The molecule has 1 N–H and O–H groups in total. The molecule has 1 atom stereocenters. The molecule has 2 amide bonds. The molecule has 31 heavy (non-hydrogen) atoms. The first-order chi connectivity index (χ1) is 15.0. The predicted octanol–water partition coefficient (Wildman–Crippen LogP) is 2.82. The number of carbonyl (C=O) groups is 2. The third kappa shape index (κ3) is 5.93. The number of rotatable bonds is 11. The Morgan fingerprint density at radius 1 is 1.23 bits per heavy atom. The van der Waals surface area contributed by atoms with E-state index in [9.17, 15) is 9.59 Å². The molecule has 8 nitrogen and oxygen atoms in total. The molecule has 1 aromatic carbocycles. The Kier molecular flexibility index (Phi) is 9.23. The maximum absolute atomic E-state index is 13.3. The molecular weight excluding hydrogens is 420 g/mol. The number of benzene rings is 1. The van der Waals surface area contributed by atoms with Crippen LogP contribution in [0.2, 0.25) is 0 Å². The van der Waals surface area contributed by atoms with Crippen molar-refractivity contribution in [2.75, 3.05) is 27.9 Å². The number of amides is 2. The summed E-state index contributed by atoms with van der Waals surface area (Å²) in [5.41, 5.74) is 1.88. The van der Waals surface area contributed by atoms with E-state index in [1.54, 1.807) is 13.3 Å². The number of nitrogens with one attached hydrogen (secondary N) is 1. The van der Waals surface area contributed by atoms with Crippen LogP contribution in [-0.4, -0.2) is 51.2 Å². The van der Waals surface area contributed by atoms with Gasteiger partial charge in [0.2, 0.25) is 6.41 Å². The van der Waals surface area contributed by atoms with Crippen LogP contribution in [0.3, 0.4) is 0 Å². The van der Waals surface area contributed by atoms with E-state index in [1.807, 2.05) is 24.3 Å². The maximum atomic E-state index is 13.3. The molecule has 9 heteroatoms. The summed E-state index contributed by atoms with van der Waals surface area (Å²) in [6.45, 7) is 3.84. The summed E-state index contributed by atoms with van der Waals surface area (Å²) < 4.78 is 20.7. The molecule has 0 unspecified atom stereocenters. The smallest absolute Gasteiger partial charge is 0.274 e. The second kappa shape index (κ2) is 11.9. The van der Waals surface area contributed by atoms with Gasteiger partial charge in [0, 0.05) is 12.3 Å². The van der Waals surface area contributed by atoms with Crippen molar-refractivity contribution >= 4 is 30.8 Å². The minimum atomic E-state index is -0.444. The number of nitrogens with zero attached hydrogens (tertiary/aromatic N) is 1. The van der Waals surface area contributed by atoms with Gasteiger partial charge in [0.05, 0.1) is 34.0 Å². The molecule has 2 rings (SSSR count). The molecule has 0 saturated heterocycles. The van der Waals surface area contributed by atoms with Crippen LogP contribution < -0.4 is 10.1 Å². The molecule has 1 aliphatic heterocycles. The number of ether oxygens (including phenoxy) is 3. The molecule has 0 aromatic heterocycles. The summed E-state index contributed by atoms with van der Waals surface area (Å²) in [5.74, 6) is 0.836. The summed E-state index contributed by atoms with van der Waals surface area (Å²) in [7, 11) is 4.47. The van der Waals surface area contributed by atoms with Gasteiger partial charge < -0.3 is 28.6 Å². The molecule has 0 spiro atoms. The molecule has 0 bridgehead atoms. The summed E-state index contributed by atoms with van der Waals surface area (Å²) in [4.78, 5) is 26.0. The van der Waals surface area contributed by atoms with Crippen molar-refractivity contribution in [1.29, 1.82) is 0 Å². The summed E-state index contributed by atoms with van der Waals surface area (Å²) >= 11 is 3.84. The Morgan fingerprint density at radius 2 is 1.90 bits per heavy atom. The first-order valence-electron chi connectivity index (χ1n) is 9.33. The van der Waals surface area contributed by atoms with Crippen molar-refractivity contribution in [1.82, 2.24) is 10.2 Å². The van der Waals surface area contributed by atoms with Crippen molar-refractivity contribution in [2.24, 2.45) is 0 Å². The standard InChI is InChI=1S/C22H26N2O6S/c1-5-20(28-3)21(29-4)11-19(23-14-25)22(26)24-12-16(10-17(24)13-30-31)15-6-8-18(27-2)9-7-15/h5-9,11-12,14,17,31H,1,10,13H2,2-4H3,(H,23,25)/b19-11-,21-20-/t17-/m0/s1. The molecular formula is C22H26N2O6S. The fourth-order valence-corrected chi connectivity index (χ4v) is 3.31. The lowest BCUT2D eigenvalue weighted by atomic mass is 10.0. The van der Waals surface area contributed by atoms with Crippen LogP contribution in [0.4, 0.5) is 0 Å². The molecule has 1 heterocycles. The SMILES string of the molecule is C=C/C(OC)=C(\C=C(/NC=O)C(=O)N1C=C(c2ccc(OC)cc2)C[C@H]1COS)OC. The number of thiol groups is 1. The van der Waals surface area contributed by atoms with E-state index < -0.39 is 5.91 Å². The number of carbonyl (C=O) groups excluding carboxylic acids is 2. The zero-order chi connectivity index (χ0) is 22.8. The third-order valence-electron chi connectivity index (χ3n) is 4.69. The number of hydrogen-bond donors (Lipinski definition) is 2. The van der Waals surface area contributed by atoms with Crippen molar-refractivity contribution in [3.05, 3.63) is 72.0 Å². The molecule has 0 aliphatic carbocycles. The third-order valence-corrected chi connectivity index (χ3v) is 4.84. The van der Waals surface area contributed by atoms with Crippen molar-refractivity contribution < 1.29 is 28.0 Å². The minimum Gasteiger partial charge on any atom is -0.497 e. The van der Waals surface area contributed by atoms with Crippen LogP contribution in [0, 0.1) is 0 Å². The van der Waals surface area contributed by atoms with Gasteiger partial charge in [0.25, 0.3) is 5.91 Å². The minimum absolute atomic E-state index is 0.000329. The quantitative estimate of drug-likeness (QED) is 0.136. The molecule has 0 radical (unpaired) electrons. The van der Waals surface area contributed by atoms with E-state index in [4.69, 9.17) is 18.4 Å². The van der Waals surface area contributed by atoms with Crippen LogP contribution in [0.25, 0.3) is 5.57 Å². The predicted molar refractivity (Wildman–Crippen MR) is 120 cm³/mol. The molecule has 0 saturated carbocycles. The summed E-state index contributed by atoms with van der Waals surface area (Å²) in [5, 5.41) is 2.44. The molecule has 1 aliphatic rings. The lowest BCUT2D eigenvalue weighted by molar-refractivity contribution is -0.127. The monoisotopic (exact) mass is 446 g/mol. The fraction of sp³-hybridized carbons (Fsp3) is 0.273. The van der Waals surface area contributed by atoms with Crippen molar-refractivity contribution in [3.63, 3.8) is 0 Å². The topological polar surface area (TPSA) is 86.3 Å². The van der Waals surface area contributed by atoms with Crippen molar-refractivity contribution in [3.8, 4) is 5.75 Å². The van der Waals surface area contributed by atoms with Crippen LogP contribution in [0.5, 0.6) is 5.75 Å². The van der Waals surface area contributed by atoms with Gasteiger partial charge in [0.1, 0.15) is 11.4 Å². The van der Waals surface area contributed by atoms with Gasteiger partial charge in [-0.15, -0.1) is 0 Å². The lowest BCUT2D eigenvalue weighted by Crippen LogP contribution is -2.39. The Hall–Kier alpha value is -3.17. The van der Waals surface area contributed by atoms with E-state index in [2.05, 4.69) is 24.8 Å². The zero-order valence-electron chi connectivity index (χ0n) is 17.7. The van der Waals surface area contributed by atoms with Gasteiger partial charge in [-0.2, -0.15) is 0 Å². The first-order valence-corrected chi connectivity index (χ1v) is 9.70. The Labute approximate surface area is 187 Å². The van der Waals surface area contributed by atoms with E-state index >= 15 is 0 Å². The molecule has 166 valence electrons. The van der Waals surface area contributed by atoms with Gasteiger partial charge in [-0.1, -0.05) is 18.7 Å². The van der Waals surface area contributed by atoms with E-state index in [0.717, 1.165) is 16.9 Å². The highest BCUT2D eigenvalue weighted by Crippen LogP contribution is 2.32. The average Bonchev–Trinajstić information content (AvgIpc) is 3.22. The van der Waals surface area contributed by atoms with Gasteiger partial charge >= 0.3 is 0 Å². The van der Waals surface area contributed by atoms with E-state index in [0.29, 0.717) is 18.6 Å². The molecule has 0 fully saturated rings. The van der Waals surface area contributed by atoms with E-state index in [-0.39, 0.29) is 24.1 Å². The number of methoxy groups -OCH3 is 3. The second-order valence-corrected chi connectivity index (χ2v) is 6.67. The van der Waals surface area contributed by atoms with Crippen molar-refractivity contribution in [2.45, 2.75) is 12.5 Å². The van der Waals surface area contributed by atoms with Crippen LogP contribution >= 0.6 is 12.9 Å². The zero-order valence-corrected chi connectivity index (χ0v) is 18.6. The lowest BCUT2D eigenvalue weighted by Gasteiger charge is -2.23. The average molecular weight is 447 g/mol. The van der Waals surface area contributed by atoms with Gasteiger partial charge in [-0.25, -0.2) is 0 Å². The Balaban J connectivity index is 2.43. The van der Waals surface area contributed by atoms with Crippen LogP contribution in [0.1, 0.15) is 12.0 Å². The van der Waals surface area contributed by atoms with Crippen LogP contribution in [-0.2, 0) is 23.2 Å². The Morgan fingerprint density at radius 3 is 2.42 bits per heavy atom.